The lowest BCUT2D eigenvalue weighted by molar-refractivity contribution is 0.0944. The third-order valence-electron chi connectivity index (χ3n) is 3.56. The van der Waals surface area contributed by atoms with Crippen molar-refractivity contribution in [2.24, 2.45) is 0 Å². The molecule has 2 aromatic carbocycles. The van der Waals surface area contributed by atoms with Crippen LogP contribution in [0.4, 0.5) is 0 Å². The Morgan fingerprint density at radius 2 is 1.81 bits per heavy atom. The summed E-state index contributed by atoms with van der Waals surface area (Å²) in [6.45, 7) is 0.587. The van der Waals surface area contributed by atoms with Crippen molar-refractivity contribution in [1.29, 1.82) is 0 Å². The summed E-state index contributed by atoms with van der Waals surface area (Å²) in [7, 11) is 3.20. The van der Waals surface area contributed by atoms with Crippen molar-refractivity contribution in [1.82, 2.24) is 16.2 Å². The van der Waals surface area contributed by atoms with Crippen molar-refractivity contribution in [3.8, 4) is 11.5 Å². The molecule has 0 aromatic heterocycles. The molecular formula is C18H20ClN3O3S. The lowest BCUT2D eigenvalue weighted by Gasteiger charge is -2.13. The summed E-state index contributed by atoms with van der Waals surface area (Å²) >= 11 is 11.1. The first-order valence-electron chi connectivity index (χ1n) is 7.84. The van der Waals surface area contributed by atoms with Gasteiger partial charge in [0.05, 0.1) is 24.8 Å². The van der Waals surface area contributed by atoms with Gasteiger partial charge in [0.1, 0.15) is 0 Å². The monoisotopic (exact) mass is 393 g/mol. The van der Waals surface area contributed by atoms with Gasteiger partial charge < -0.3 is 14.8 Å². The zero-order chi connectivity index (χ0) is 18.9. The fourth-order valence-corrected chi connectivity index (χ4v) is 2.60. The van der Waals surface area contributed by atoms with Crippen molar-refractivity contribution < 1.29 is 14.3 Å². The molecule has 0 unspecified atom stereocenters. The molecule has 0 aliphatic heterocycles. The third kappa shape index (κ3) is 5.50. The Morgan fingerprint density at radius 1 is 1.08 bits per heavy atom. The number of methoxy groups -OCH3 is 2. The maximum atomic E-state index is 12.0. The predicted octanol–water partition coefficient (Wildman–Crippen LogP) is 2.71. The van der Waals surface area contributed by atoms with Crippen LogP contribution in [0.1, 0.15) is 15.9 Å². The van der Waals surface area contributed by atoms with Crippen molar-refractivity contribution >= 4 is 34.8 Å². The number of rotatable bonds is 6. The van der Waals surface area contributed by atoms with Crippen molar-refractivity contribution in [3.05, 3.63) is 58.6 Å². The summed E-state index contributed by atoms with van der Waals surface area (Å²) in [6.07, 6.45) is 0.723. The van der Waals surface area contributed by atoms with E-state index in [1.165, 1.54) is 0 Å². The Hall–Kier alpha value is -2.51. The topological polar surface area (TPSA) is 71.6 Å². The fraction of sp³-hybridized carbons (Fsp3) is 0.222. The number of nitrogens with one attached hydrogen (secondary N) is 3. The number of hydrogen-bond acceptors (Lipinski definition) is 4. The van der Waals surface area contributed by atoms with Crippen LogP contribution in [0.25, 0.3) is 0 Å². The van der Waals surface area contributed by atoms with Gasteiger partial charge in [-0.15, -0.1) is 0 Å². The average Bonchev–Trinajstić information content (AvgIpc) is 2.66. The third-order valence-corrected chi connectivity index (χ3v) is 4.13. The molecule has 0 spiro atoms. The number of amides is 1. The summed E-state index contributed by atoms with van der Waals surface area (Å²) in [5.41, 5.74) is 6.60. The second-order valence-electron chi connectivity index (χ2n) is 5.25. The minimum atomic E-state index is -0.361. The second kappa shape index (κ2) is 9.84. The molecule has 8 heteroatoms. The van der Waals surface area contributed by atoms with Crippen LogP contribution in [0.2, 0.25) is 5.02 Å². The largest absolute Gasteiger partial charge is 0.493 e. The van der Waals surface area contributed by atoms with Crippen molar-refractivity contribution in [2.45, 2.75) is 6.42 Å². The van der Waals surface area contributed by atoms with Crippen LogP contribution < -0.4 is 25.6 Å². The van der Waals surface area contributed by atoms with E-state index < -0.39 is 0 Å². The molecular weight excluding hydrogens is 374 g/mol. The van der Waals surface area contributed by atoms with Crippen molar-refractivity contribution in [2.75, 3.05) is 20.8 Å². The molecule has 0 aliphatic rings. The summed E-state index contributed by atoms with van der Waals surface area (Å²) in [4.78, 5) is 12.0. The second-order valence-corrected chi connectivity index (χ2v) is 6.07. The van der Waals surface area contributed by atoms with E-state index in [2.05, 4.69) is 16.2 Å². The zero-order valence-corrected chi connectivity index (χ0v) is 16.0. The van der Waals surface area contributed by atoms with E-state index in [4.69, 9.17) is 33.3 Å². The molecule has 2 rings (SSSR count). The molecule has 6 nitrogen and oxygen atoms in total. The maximum Gasteiger partial charge on any atom is 0.271 e. The Balaban J connectivity index is 1.77. The number of halogens is 1. The first-order chi connectivity index (χ1) is 12.5. The standard InChI is InChI=1S/C18H20ClN3O3S/c1-24-15-8-7-12(11-16(15)25-2)9-10-20-18(26)22-21-17(23)13-5-3-4-6-14(13)19/h3-8,11H,9-10H2,1-2H3,(H,21,23)(H2,20,22,26). The molecule has 0 saturated heterocycles. The number of hydrogen-bond donors (Lipinski definition) is 3. The van der Waals surface area contributed by atoms with Gasteiger partial charge in [0.15, 0.2) is 16.6 Å². The minimum Gasteiger partial charge on any atom is -0.493 e. The van der Waals surface area contributed by atoms with Gasteiger partial charge in [0, 0.05) is 6.54 Å². The van der Waals surface area contributed by atoms with E-state index in [0.717, 1.165) is 12.0 Å². The van der Waals surface area contributed by atoms with Crippen LogP contribution in [0.15, 0.2) is 42.5 Å². The fourth-order valence-electron chi connectivity index (χ4n) is 2.23. The highest BCUT2D eigenvalue weighted by Gasteiger charge is 2.09. The van der Waals surface area contributed by atoms with Crippen LogP contribution in [-0.4, -0.2) is 31.8 Å². The van der Waals surface area contributed by atoms with Crippen LogP contribution in [0, 0.1) is 0 Å². The quantitative estimate of drug-likeness (QED) is 0.517. The number of hydrazine groups is 1. The first-order valence-corrected chi connectivity index (χ1v) is 8.63. The average molecular weight is 394 g/mol. The number of thiocarbonyl (C=S) groups is 1. The van der Waals surface area contributed by atoms with Gasteiger partial charge in [0.2, 0.25) is 0 Å². The molecule has 138 valence electrons. The zero-order valence-electron chi connectivity index (χ0n) is 14.5. The number of benzene rings is 2. The Kier molecular flexibility index (Phi) is 7.50. The summed E-state index contributed by atoms with van der Waals surface area (Å²) in [5.74, 6) is 1.00. The van der Waals surface area contributed by atoms with E-state index in [9.17, 15) is 4.79 Å². The Morgan fingerprint density at radius 3 is 2.50 bits per heavy atom. The lowest BCUT2D eigenvalue weighted by atomic mass is 10.1. The molecule has 2 aromatic rings. The molecule has 26 heavy (non-hydrogen) atoms. The highest BCUT2D eigenvalue weighted by Crippen LogP contribution is 2.27. The summed E-state index contributed by atoms with van der Waals surface area (Å²) < 4.78 is 10.5. The summed E-state index contributed by atoms with van der Waals surface area (Å²) in [5, 5.41) is 3.70. The highest BCUT2D eigenvalue weighted by atomic mass is 35.5. The van der Waals surface area contributed by atoms with Crippen LogP contribution in [0.5, 0.6) is 11.5 Å². The maximum absolute atomic E-state index is 12.0. The predicted molar refractivity (Wildman–Crippen MR) is 106 cm³/mol. The number of carbonyl (C=O) groups is 1. The molecule has 0 radical (unpaired) electrons. The SMILES string of the molecule is COc1ccc(CCNC(=S)NNC(=O)c2ccccc2Cl)cc1OC. The summed E-state index contributed by atoms with van der Waals surface area (Å²) in [6, 6.07) is 12.5. The van der Waals surface area contributed by atoms with Gasteiger partial charge in [-0.05, 0) is 48.5 Å². The Labute approximate surface area is 162 Å². The van der Waals surface area contributed by atoms with E-state index in [0.29, 0.717) is 33.7 Å². The van der Waals surface area contributed by atoms with Gasteiger partial charge in [-0.1, -0.05) is 29.8 Å². The molecule has 3 N–H and O–H groups in total. The molecule has 0 aliphatic carbocycles. The van der Waals surface area contributed by atoms with Crippen LogP contribution >= 0.6 is 23.8 Å². The lowest BCUT2D eigenvalue weighted by Crippen LogP contribution is -2.47. The Bertz CT molecular complexity index is 786. The molecule has 0 saturated carbocycles. The van der Waals surface area contributed by atoms with Gasteiger partial charge in [-0.3, -0.25) is 15.6 Å². The van der Waals surface area contributed by atoms with E-state index in [1.54, 1.807) is 38.5 Å². The molecule has 1 amide bonds. The van der Waals surface area contributed by atoms with Crippen LogP contribution in [-0.2, 0) is 6.42 Å². The van der Waals surface area contributed by atoms with Crippen LogP contribution in [0.3, 0.4) is 0 Å². The first kappa shape index (κ1) is 19.8. The number of carbonyl (C=O) groups excluding carboxylic acids is 1. The molecule has 0 atom stereocenters. The number of ether oxygens (including phenoxy) is 2. The van der Waals surface area contributed by atoms with Gasteiger partial charge in [0.25, 0.3) is 5.91 Å². The molecule has 0 bridgehead atoms. The van der Waals surface area contributed by atoms with Gasteiger partial charge >= 0.3 is 0 Å². The van der Waals surface area contributed by atoms with E-state index in [-0.39, 0.29) is 5.91 Å². The van der Waals surface area contributed by atoms with Gasteiger partial charge in [-0.2, -0.15) is 0 Å². The van der Waals surface area contributed by atoms with E-state index in [1.807, 2.05) is 18.2 Å². The van der Waals surface area contributed by atoms with E-state index >= 15 is 0 Å². The van der Waals surface area contributed by atoms with Gasteiger partial charge in [-0.25, -0.2) is 0 Å². The smallest absolute Gasteiger partial charge is 0.271 e. The molecule has 0 heterocycles. The van der Waals surface area contributed by atoms with Crippen molar-refractivity contribution in [3.63, 3.8) is 0 Å². The minimum absolute atomic E-state index is 0.311. The molecule has 0 fully saturated rings. The highest BCUT2D eigenvalue weighted by molar-refractivity contribution is 7.80. The normalized spacial score (nSPS) is 9.96.